The molecule has 1 saturated heterocycles. The zero-order valence-electron chi connectivity index (χ0n) is 24.9. The molecule has 0 aromatic carbocycles. The van der Waals surface area contributed by atoms with Gasteiger partial charge < -0.3 is 32.5 Å². The quantitative estimate of drug-likeness (QED) is 0.0345. The molecule has 21 heteroatoms. The van der Waals surface area contributed by atoms with Gasteiger partial charge in [-0.15, -0.1) is 11.3 Å². The molecule has 0 spiro atoms. The Bertz CT molecular complexity index is 1550. The number of amidine groups is 1. The fourth-order valence-electron chi connectivity index (χ4n) is 4.13. The lowest BCUT2D eigenvalue weighted by Gasteiger charge is -2.43. The fraction of sp³-hybridized carbons (Fsp3) is 0.583. The summed E-state index contributed by atoms with van der Waals surface area (Å²) in [4.78, 5) is 52.1. The summed E-state index contributed by atoms with van der Waals surface area (Å²) >= 11 is 0.968. The normalized spacial score (nSPS) is 20.0. The van der Waals surface area contributed by atoms with E-state index < -0.39 is 57.5 Å². The molecule has 2 amide bonds. The third-order valence-corrected chi connectivity index (χ3v) is 8.29. The van der Waals surface area contributed by atoms with Crippen molar-refractivity contribution in [3.8, 4) is 0 Å². The van der Waals surface area contributed by atoms with Crippen LogP contribution in [0.25, 0.3) is 0 Å². The minimum atomic E-state index is -5.02. The molecule has 3 heterocycles. The number of carboxylic acid groups (broad SMARTS) is 1. The Morgan fingerprint density at radius 1 is 1.31 bits per heavy atom. The minimum Gasteiger partial charge on any atom is -0.478 e. The number of aliphatic carboxylic acids is 1. The van der Waals surface area contributed by atoms with Gasteiger partial charge in [0.15, 0.2) is 10.8 Å². The maximum Gasteiger partial charge on any atom is 0.362 e. The lowest BCUT2D eigenvalue weighted by atomic mass is 9.98. The number of oxime groups is 1. The number of carbonyl (C=O) groups excluding carboxylic acids is 2. The molecule has 0 bridgehead atoms. The fourth-order valence-corrected chi connectivity index (χ4v) is 5.55. The predicted molar refractivity (Wildman–Crippen MR) is 162 cm³/mol. The van der Waals surface area contributed by atoms with Crippen molar-refractivity contribution >= 4 is 56.1 Å². The third kappa shape index (κ3) is 8.49. The molecule has 2 fully saturated rings. The van der Waals surface area contributed by atoms with Gasteiger partial charge in [0.25, 0.3) is 11.8 Å². The van der Waals surface area contributed by atoms with Crippen LogP contribution in [0.1, 0.15) is 70.3 Å². The number of carboxylic acids is 1. The van der Waals surface area contributed by atoms with E-state index in [0.717, 1.165) is 29.0 Å². The van der Waals surface area contributed by atoms with Gasteiger partial charge in [-0.3, -0.25) is 19.1 Å². The van der Waals surface area contributed by atoms with E-state index in [4.69, 9.17) is 22.0 Å². The summed E-state index contributed by atoms with van der Waals surface area (Å²) in [6.07, 6.45) is 3.83. The zero-order chi connectivity index (χ0) is 33.5. The number of carbonyl (C=O) groups is 3. The maximum atomic E-state index is 13.3. The van der Waals surface area contributed by atoms with Gasteiger partial charge in [0.1, 0.15) is 23.5 Å². The number of hydrogen-bond donors (Lipinski definition) is 6. The first kappa shape index (κ1) is 35.3. The number of nitrogen functional groups attached to an aromatic ring is 1. The summed E-state index contributed by atoms with van der Waals surface area (Å²) in [5, 5.41) is 25.2. The highest BCUT2D eigenvalue weighted by Crippen LogP contribution is 2.40. The van der Waals surface area contributed by atoms with Crippen molar-refractivity contribution in [2.24, 2.45) is 21.6 Å². The summed E-state index contributed by atoms with van der Waals surface area (Å²) in [6, 6.07) is -3.32. The van der Waals surface area contributed by atoms with Crippen molar-refractivity contribution in [1.82, 2.24) is 29.6 Å². The second-order valence-corrected chi connectivity index (χ2v) is 12.1. The van der Waals surface area contributed by atoms with Crippen LogP contribution in [0.4, 0.5) is 5.13 Å². The van der Waals surface area contributed by atoms with Crippen molar-refractivity contribution < 1.29 is 37.3 Å². The van der Waals surface area contributed by atoms with Crippen molar-refractivity contribution in [2.45, 2.75) is 83.1 Å². The average Bonchev–Trinajstić information content (AvgIpc) is 3.42. The molecule has 2 aliphatic rings. The number of anilines is 1. The highest BCUT2D eigenvalue weighted by Gasteiger charge is 2.56. The van der Waals surface area contributed by atoms with E-state index in [9.17, 15) is 32.5 Å². The SMILES string of the molecule is CC.CC(N=C(N)CCCCN)c1cnn(C[C@@H]2[C@H](NC(=O)/C(=N\OC3(C(=O)O)CC3)c3csc(N)n3)C(=O)N2S(=O)(=O)O)n1. The van der Waals surface area contributed by atoms with E-state index in [1.54, 1.807) is 6.92 Å². The minimum absolute atomic E-state index is 0.0635. The van der Waals surface area contributed by atoms with Crippen LogP contribution >= 0.6 is 11.3 Å². The van der Waals surface area contributed by atoms with E-state index in [-0.39, 0.29) is 34.5 Å². The van der Waals surface area contributed by atoms with Crippen LogP contribution in [-0.2, 0) is 36.1 Å². The van der Waals surface area contributed by atoms with Crippen molar-refractivity contribution in [1.29, 1.82) is 0 Å². The Kier molecular flexibility index (Phi) is 11.5. The number of nitrogens with zero attached hydrogens (tertiary/aromatic N) is 7. The summed E-state index contributed by atoms with van der Waals surface area (Å²) in [7, 11) is -5.02. The predicted octanol–water partition coefficient (Wildman–Crippen LogP) is -0.573. The highest BCUT2D eigenvalue weighted by atomic mass is 32.2. The molecule has 3 atom stereocenters. The Labute approximate surface area is 262 Å². The van der Waals surface area contributed by atoms with E-state index >= 15 is 0 Å². The van der Waals surface area contributed by atoms with E-state index in [0.29, 0.717) is 24.5 Å². The van der Waals surface area contributed by atoms with Gasteiger partial charge >= 0.3 is 16.3 Å². The molecule has 4 rings (SSSR count). The molecule has 1 aliphatic heterocycles. The number of unbranched alkanes of at least 4 members (excludes halogenated alkanes) is 1. The van der Waals surface area contributed by atoms with Crippen LogP contribution in [0.5, 0.6) is 0 Å². The Hall–Kier alpha value is -4.21. The van der Waals surface area contributed by atoms with Crippen molar-refractivity contribution in [3.63, 3.8) is 0 Å². The molecular weight excluding hydrogens is 634 g/mol. The number of amides is 2. The summed E-state index contributed by atoms with van der Waals surface area (Å²) in [5.74, 6) is -3.04. The van der Waals surface area contributed by atoms with Gasteiger partial charge in [0.05, 0.1) is 24.6 Å². The van der Waals surface area contributed by atoms with Gasteiger partial charge in [0.2, 0.25) is 5.60 Å². The first-order valence-electron chi connectivity index (χ1n) is 14.0. The number of aromatic nitrogens is 4. The monoisotopic (exact) mass is 671 g/mol. The Balaban J connectivity index is 0.00000271. The van der Waals surface area contributed by atoms with Crippen LogP contribution in [0.3, 0.4) is 0 Å². The van der Waals surface area contributed by atoms with Crippen molar-refractivity contribution in [2.75, 3.05) is 12.3 Å². The average molecular weight is 672 g/mol. The lowest BCUT2D eigenvalue weighted by molar-refractivity contribution is -0.153. The first-order valence-corrected chi connectivity index (χ1v) is 16.3. The second kappa shape index (κ2) is 14.7. The van der Waals surface area contributed by atoms with Crippen molar-refractivity contribution in [3.05, 3.63) is 23.0 Å². The van der Waals surface area contributed by atoms with E-state index in [1.807, 2.05) is 13.8 Å². The number of rotatable bonds is 15. The largest absolute Gasteiger partial charge is 0.478 e. The summed E-state index contributed by atoms with van der Waals surface area (Å²) in [6.45, 7) is 5.91. The molecule has 9 N–H and O–H groups in total. The van der Waals surface area contributed by atoms with E-state index in [1.165, 1.54) is 11.6 Å². The third-order valence-electron chi connectivity index (χ3n) is 6.67. The van der Waals surface area contributed by atoms with E-state index in [2.05, 4.69) is 30.6 Å². The van der Waals surface area contributed by atoms with Gasteiger partial charge in [-0.25, -0.2) is 14.1 Å². The van der Waals surface area contributed by atoms with Crippen LogP contribution in [0, 0.1) is 0 Å². The molecular formula is C24H37N11O8S2. The molecule has 45 heavy (non-hydrogen) atoms. The Morgan fingerprint density at radius 2 is 2.00 bits per heavy atom. The van der Waals surface area contributed by atoms with Crippen LogP contribution in [-0.4, -0.2) is 95.9 Å². The van der Waals surface area contributed by atoms with Crippen LogP contribution in [0.2, 0.25) is 0 Å². The topological polar surface area (TPSA) is 297 Å². The smallest absolute Gasteiger partial charge is 0.362 e. The zero-order valence-corrected chi connectivity index (χ0v) is 26.5. The Morgan fingerprint density at radius 3 is 2.56 bits per heavy atom. The molecule has 248 valence electrons. The standard InChI is InChI=1S/C22H31N11O8S2.C2H6/c1-11(27-15(24)4-2-3-7-23)12-8-26-32(30-12)9-14-17(19(35)33(14)43(38,39)40)29-18(34)16(13-10-42-21(25)28-13)31-41-22(5-6-22)20(36)37;1-2/h8,10-11,14,17H,2-7,9,23H2,1H3,(H2,24,27)(H2,25,28)(H,29,34)(H,36,37)(H,38,39,40);1-2H3/b31-16-;/t11?,14-,17+;/m1./s1. The molecule has 1 unspecified atom stereocenters. The molecule has 0 radical (unpaired) electrons. The molecule has 1 saturated carbocycles. The number of hydrogen-bond acceptors (Lipinski definition) is 14. The van der Waals surface area contributed by atoms with Gasteiger partial charge in [-0.2, -0.15) is 23.4 Å². The number of aliphatic imine (C=N–C) groups is 1. The van der Waals surface area contributed by atoms with Crippen LogP contribution < -0.4 is 22.5 Å². The number of thiazole rings is 1. The molecule has 1 aliphatic carbocycles. The van der Waals surface area contributed by atoms with Gasteiger partial charge in [0, 0.05) is 24.6 Å². The molecule has 19 nitrogen and oxygen atoms in total. The lowest BCUT2D eigenvalue weighted by Crippen LogP contribution is -2.73. The number of nitrogens with two attached hydrogens (primary N) is 3. The highest BCUT2D eigenvalue weighted by molar-refractivity contribution is 7.84. The number of nitrogens with one attached hydrogen (secondary N) is 1. The summed E-state index contributed by atoms with van der Waals surface area (Å²) < 4.78 is 33.8. The maximum absolute atomic E-state index is 13.3. The first-order chi connectivity index (χ1) is 21.3. The van der Waals surface area contributed by atoms with Crippen LogP contribution in [0.15, 0.2) is 21.7 Å². The number of β-lactam (4-membered cyclic amide) rings is 1. The summed E-state index contributed by atoms with van der Waals surface area (Å²) in [5.41, 5.74) is 15.4. The molecule has 2 aromatic heterocycles. The van der Waals surface area contributed by atoms with Gasteiger partial charge in [-0.1, -0.05) is 19.0 Å². The van der Waals surface area contributed by atoms with Gasteiger partial charge in [-0.05, 0) is 26.3 Å². The molecule has 2 aromatic rings. The second-order valence-electron chi connectivity index (χ2n) is 9.90.